The third kappa shape index (κ3) is 12.3. The van der Waals surface area contributed by atoms with Gasteiger partial charge in [0.2, 0.25) is 0 Å². The molecule has 0 aromatic carbocycles. The number of rotatable bonds is 15. The normalized spacial score (nSPS) is 19.7. The van der Waals surface area contributed by atoms with Crippen LogP contribution in [0.25, 0.3) is 0 Å². The second kappa shape index (κ2) is 14.8. The monoisotopic (exact) mass is 426 g/mol. The van der Waals surface area contributed by atoms with Gasteiger partial charge in [-0.2, -0.15) is 0 Å². The highest BCUT2D eigenvalue weighted by atomic mass is 28.4. The van der Waals surface area contributed by atoms with Gasteiger partial charge in [-0.3, -0.25) is 0 Å². The van der Waals surface area contributed by atoms with Crippen molar-refractivity contribution < 1.29 is 13.9 Å². The number of allylic oxidation sites excluding steroid dienone is 2. The average Bonchev–Trinajstić information content (AvgIpc) is 2.66. The summed E-state index contributed by atoms with van der Waals surface area (Å²) in [5, 5.41) is 0.317. The maximum absolute atomic E-state index is 6.24. The summed E-state index contributed by atoms with van der Waals surface area (Å²) < 4.78 is 18.2. The Labute approximate surface area is 183 Å². The lowest BCUT2D eigenvalue weighted by atomic mass is 10.1. The van der Waals surface area contributed by atoms with Crippen molar-refractivity contribution in [1.29, 1.82) is 0 Å². The van der Waals surface area contributed by atoms with E-state index < -0.39 is 8.32 Å². The molecule has 0 aliphatic carbocycles. The van der Waals surface area contributed by atoms with Gasteiger partial charge in [0.25, 0.3) is 0 Å². The number of unbranched alkanes of at least 4 members (excludes halogenated alkanes) is 4. The van der Waals surface area contributed by atoms with E-state index in [0.29, 0.717) is 11.1 Å². The molecule has 172 valence electrons. The number of hydrogen-bond donors (Lipinski definition) is 0. The Hall–Kier alpha value is -0.163. The zero-order chi connectivity index (χ0) is 21.6. The third-order valence-electron chi connectivity index (χ3n) is 6.44. The van der Waals surface area contributed by atoms with Gasteiger partial charge in [-0.1, -0.05) is 52.7 Å². The standard InChI is InChI=1S/C25H50O3Si/c1-7-18-23(28-24-20-15-17-21-26-24)19-14-12-10-8-9-11-13-16-22-27-29(5,6)25(2,3)4/h8-9,23-24H,7,10-22H2,1-6H3/b9-8-. The van der Waals surface area contributed by atoms with Crippen molar-refractivity contribution >= 4 is 8.32 Å². The van der Waals surface area contributed by atoms with Crippen LogP contribution in [0.4, 0.5) is 0 Å². The van der Waals surface area contributed by atoms with Crippen molar-refractivity contribution in [1.82, 2.24) is 0 Å². The van der Waals surface area contributed by atoms with Gasteiger partial charge in [0.05, 0.1) is 6.10 Å². The maximum Gasteiger partial charge on any atom is 0.191 e. The Morgan fingerprint density at radius 2 is 1.69 bits per heavy atom. The van der Waals surface area contributed by atoms with E-state index in [-0.39, 0.29) is 6.29 Å². The van der Waals surface area contributed by atoms with Gasteiger partial charge in [-0.25, -0.2) is 0 Å². The van der Waals surface area contributed by atoms with E-state index >= 15 is 0 Å². The molecule has 3 nitrogen and oxygen atoms in total. The van der Waals surface area contributed by atoms with Crippen molar-refractivity contribution in [3.05, 3.63) is 12.2 Å². The highest BCUT2D eigenvalue weighted by Crippen LogP contribution is 2.36. The predicted octanol–water partition coefficient (Wildman–Crippen LogP) is 8.01. The van der Waals surface area contributed by atoms with Crippen molar-refractivity contribution in [2.45, 2.75) is 135 Å². The lowest BCUT2D eigenvalue weighted by Crippen LogP contribution is -2.40. The highest BCUT2D eigenvalue weighted by Gasteiger charge is 2.36. The molecule has 0 bridgehead atoms. The number of ether oxygens (including phenoxy) is 2. The van der Waals surface area contributed by atoms with Crippen molar-refractivity contribution in [2.24, 2.45) is 0 Å². The molecule has 0 radical (unpaired) electrons. The Balaban J connectivity index is 2.03. The maximum atomic E-state index is 6.24. The quantitative estimate of drug-likeness (QED) is 0.151. The minimum Gasteiger partial charge on any atom is -0.417 e. The minimum atomic E-state index is -1.56. The van der Waals surface area contributed by atoms with Crippen LogP contribution in [0.5, 0.6) is 0 Å². The molecule has 2 atom stereocenters. The topological polar surface area (TPSA) is 27.7 Å². The number of hydrogen-bond acceptors (Lipinski definition) is 3. The Morgan fingerprint density at radius 3 is 2.28 bits per heavy atom. The van der Waals surface area contributed by atoms with E-state index in [4.69, 9.17) is 13.9 Å². The molecule has 1 rings (SSSR count). The summed E-state index contributed by atoms with van der Waals surface area (Å²) in [6.45, 7) is 15.6. The average molecular weight is 427 g/mol. The Bertz CT molecular complexity index is 422. The van der Waals surface area contributed by atoms with E-state index in [1.165, 1.54) is 64.2 Å². The molecule has 4 heteroatoms. The first-order chi connectivity index (χ1) is 13.8. The SMILES string of the molecule is CCCC(CCCC/C=C\CCCCO[Si](C)(C)C(C)(C)C)OC1CCCCO1. The van der Waals surface area contributed by atoms with E-state index in [1.807, 2.05) is 0 Å². The smallest absolute Gasteiger partial charge is 0.191 e. The van der Waals surface area contributed by atoms with Crippen LogP contribution >= 0.6 is 0 Å². The highest BCUT2D eigenvalue weighted by molar-refractivity contribution is 6.74. The molecule has 0 aromatic heterocycles. The molecule has 1 aliphatic heterocycles. The van der Waals surface area contributed by atoms with Crippen LogP contribution in [-0.4, -0.2) is 33.9 Å². The predicted molar refractivity (Wildman–Crippen MR) is 128 cm³/mol. The zero-order valence-corrected chi connectivity index (χ0v) is 21.4. The van der Waals surface area contributed by atoms with E-state index in [0.717, 1.165) is 26.1 Å². The molecule has 1 saturated heterocycles. The van der Waals surface area contributed by atoms with E-state index in [9.17, 15) is 0 Å². The van der Waals surface area contributed by atoms with Crippen LogP contribution in [0.15, 0.2) is 12.2 Å². The summed E-state index contributed by atoms with van der Waals surface area (Å²) in [5.41, 5.74) is 0. The molecule has 0 N–H and O–H groups in total. The second-order valence-corrected chi connectivity index (χ2v) is 15.0. The van der Waals surface area contributed by atoms with Gasteiger partial charge in [-0.15, -0.1) is 0 Å². The second-order valence-electron chi connectivity index (χ2n) is 10.2. The zero-order valence-electron chi connectivity index (χ0n) is 20.4. The molecular weight excluding hydrogens is 376 g/mol. The van der Waals surface area contributed by atoms with Crippen LogP contribution < -0.4 is 0 Å². The molecular formula is C25H50O3Si. The van der Waals surface area contributed by atoms with Gasteiger partial charge in [0.15, 0.2) is 14.6 Å². The molecule has 1 aliphatic rings. The van der Waals surface area contributed by atoms with E-state index in [2.05, 4.69) is 52.9 Å². The van der Waals surface area contributed by atoms with E-state index in [1.54, 1.807) is 0 Å². The van der Waals surface area contributed by atoms with Crippen LogP contribution in [0.3, 0.4) is 0 Å². The van der Waals surface area contributed by atoms with Crippen molar-refractivity contribution in [3.63, 3.8) is 0 Å². The molecule has 1 heterocycles. The van der Waals surface area contributed by atoms with Crippen LogP contribution in [-0.2, 0) is 13.9 Å². The molecule has 0 aromatic rings. The molecule has 29 heavy (non-hydrogen) atoms. The molecule has 0 amide bonds. The molecule has 0 spiro atoms. The van der Waals surface area contributed by atoms with Gasteiger partial charge in [-0.05, 0) is 82.3 Å². The van der Waals surface area contributed by atoms with Crippen LogP contribution in [0.2, 0.25) is 18.1 Å². The first-order valence-electron chi connectivity index (χ1n) is 12.3. The summed E-state index contributed by atoms with van der Waals surface area (Å²) in [6.07, 6.45) is 19.5. The fraction of sp³-hybridized carbons (Fsp3) is 0.920. The lowest BCUT2D eigenvalue weighted by Gasteiger charge is -2.36. The van der Waals surface area contributed by atoms with Gasteiger partial charge < -0.3 is 13.9 Å². The Kier molecular flexibility index (Phi) is 13.7. The fourth-order valence-corrected chi connectivity index (χ4v) is 4.50. The van der Waals surface area contributed by atoms with Crippen LogP contribution in [0.1, 0.15) is 105 Å². The van der Waals surface area contributed by atoms with Crippen molar-refractivity contribution in [2.75, 3.05) is 13.2 Å². The summed E-state index contributed by atoms with van der Waals surface area (Å²) in [7, 11) is -1.56. The van der Waals surface area contributed by atoms with Gasteiger partial charge in [0.1, 0.15) is 0 Å². The van der Waals surface area contributed by atoms with Crippen molar-refractivity contribution in [3.8, 4) is 0 Å². The first-order valence-corrected chi connectivity index (χ1v) is 15.2. The van der Waals surface area contributed by atoms with Gasteiger partial charge >= 0.3 is 0 Å². The molecule has 2 unspecified atom stereocenters. The summed E-state index contributed by atoms with van der Waals surface area (Å²) >= 11 is 0. The Morgan fingerprint density at radius 1 is 1.00 bits per heavy atom. The lowest BCUT2D eigenvalue weighted by molar-refractivity contribution is -0.190. The summed E-state index contributed by atoms with van der Waals surface area (Å²) in [4.78, 5) is 0. The molecule has 0 saturated carbocycles. The fourth-order valence-electron chi connectivity index (χ4n) is 3.41. The first kappa shape index (κ1) is 26.9. The largest absolute Gasteiger partial charge is 0.417 e. The summed E-state index contributed by atoms with van der Waals surface area (Å²) in [5.74, 6) is 0. The van der Waals surface area contributed by atoms with Gasteiger partial charge in [0, 0.05) is 13.2 Å². The molecule has 1 fully saturated rings. The third-order valence-corrected chi connectivity index (χ3v) is 11.0. The minimum absolute atomic E-state index is 0.0563. The summed E-state index contributed by atoms with van der Waals surface area (Å²) in [6, 6.07) is 0. The van der Waals surface area contributed by atoms with Crippen LogP contribution in [0, 0.1) is 0 Å².